The number of rotatable bonds is 5. The third kappa shape index (κ3) is 5.37. The zero-order chi connectivity index (χ0) is 30.3. The molecule has 0 bridgehead atoms. The highest BCUT2D eigenvalue weighted by Gasteiger charge is 2.44. The fourth-order valence-electron chi connectivity index (χ4n) is 5.81. The van der Waals surface area contributed by atoms with Gasteiger partial charge in [0, 0.05) is 22.7 Å². The number of nitriles is 1. The highest BCUT2D eigenvalue weighted by atomic mass is 35.5. The molecule has 2 N–H and O–H groups in total. The normalized spacial score (nSPS) is 17.3. The predicted molar refractivity (Wildman–Crippen MR) is 156 cm³/mol. The van der Waals surface area contributed by atoms with E-state index < -0.39 is 17.7 Å². The molecule has 2 aliphatic rings. The largest absolute Gasteiger partial charge is 0.489 e. The number of anilines is 1. The van der Waals surface area contributed by atoms with Crippen LogP contribution in [0.25, 0.3) is 0 Å². The van der Waals surface area contributed by atoms with E-state index in [1.807, 2.05) is 57.2 Å². The van der Waals surface area contributed by atoms with E-state index in [-0.39, 0.29) is 40.9 Å². The SMILES string of the molecule is Cc1ccc(OCc2cc(C)cc(C3C(C#N)=C(N)N(c4ccc(Cl)cc4C(F)(F)F)C4=C3C(=O)CCC4)c2C)cc1. The van der Waals surface area contributed by atoms with Crippen molar-refractivity contribution >= 4 is 23.1 Å². The number of carbonyl (C=O) groups excluding carboxylic acids is 1. The molecule has 0 saturated carbocycles. The first kappa shape index (κ1) is 29.3. The molecule has 1 heterocycles. The van der Waals surface area contributed by atoms with Crippen LogP contribution in [0.15, 0.2) is 77.3 Å². The number of alkyl halides is 3. The Morgan fingerprint density at radius 3 is 2.43 bits per heavy atom. The lowest BCUT2D eigenvalue weighted by Crippen LogP contribution is -2.39. The van der Waals surface area contributed by atoms with Crippen molar-refractivity contribution in [2.75, 3.05) is 4.90 Å². The molecule has 5 nitrogen and oxygen atoms in total. The lowest BCUT2D eigenvalue weighted by atomic mass is 9.73. The molecule has 0 radical (unpaired) electrons. The Balaban J connectivity index is 1.67. The van der Waals surface area contributed by atoms with Crippen molar-refractivity contribution in [3.05, 3.63) is 116 Å². The van der Waals surface area contributed by atoms with E-state index in [9.17, 15) is 23.2 Å². The molecule has 3 aromatic rings. The predicted octanol–water partition coefficient (Wildman–Crippen LogP) is 8.17. The standard InChI is InChI=1S/C33H29ClF3N3O2/c1-18-7-10-23(11-8-18)42-17-21-13-19(2)14-24(20(21)3)30-25(16-38)32(39)40(28-5-4-6-29(41)31(28)30)27-12-9-22(34)15-26(27)33(35,36)37/h7-15,30H,4-6,17,39H2,1-3H3. The minimum absolute atomic E-state index is 0.0196. The van der Waals surface area contributed by atoms with E-state index in [0.29, 0.717) is 35.4 Å². The van der Waals surface area contributed by atoms with Gasteiger partial charge in [-0.05, 0) is 80.6 Å². The minimum Gasteiger partial charge on any atom is -0.489 e. The van der Waals surface area contributed by atoms with E-state index in [1.165, 1.54) is 17.0 Å². The molecule has 42 heavy (non-hydrogen) atoms. The van der Waals surface area contributed by atoms with Gasteiger partial charge in [-0.15, -0.1) is 0 Å². The third-order valence-electron chi connectivity index (χ3n) is 7.84. The Labute approximate surface area is 247 Å². The van der Waals surface area contributed by atoms with Gasteiger partial charge in [-0.25, -0.2) is 0 Å². The van der Waals surface area contributed by atoms with Crippen LogP contribution in [0.5, 0.6) is 5.75 Å². The maximum absolute atomic E-state index is 14.2. The Bertz CT molecular complexity index is 1680. The second-order valence-electron chi connectivity index (χ2n) is 10.7. The number of nitrogens with two attached hydrogens (primary N) is 1. The summed E-state index contributed by atoms with van der Waals surface area (Å²) in [6.45, 7) is 6.05. The lowest BCUT2D eigenvalue weighted by molar-refractivity contribution is -0.137. The van der Waals surface area contributed by atoms with E-state index in [1.54, 1.807) is 0 Å². The summed E-state index contributed by atoms with van der Waals surface area (Å²) >= 11 is 5.95. The maximum Gasteiger partial charge on any atom is 0.418 e. The van der Waals surface area contributed by atoms with Gasteiger partial charge < -0.3 is 10.5 Å². The number of benzene rings is 3. The molecule has 5 rings (SSSR count). The van der Waals surface area contributed by atoms with Crippen molar-refractivity contribution in [2.45, 2.75) is 58.7 Å². The number of nitrogens with zero attached hydrogens (tertiary/aromatic N) is 2. The summed E-state index contributed by atoms with van der Waals surface area (Å²) in [5, 5.41) is 10.3. The first-order valence-corrected chi connectivity index (χ1v) is 13.9. The van der Waals surface area contributed by atoms with Crippen molar-refractivity contribution in [1.29, 1.82) is 5.26 Å². The minimum atomic E-state index is -4.75. The van der Waals surface area contributed by atoms with Crippen LogP contribution in [0.2, 0.25) is 5.02 Å². The summed E-state index contributed by atoms with van der Waals surface area (Å²) in [6.07, 6.45) is -3.75. The maximum atomic E-state index is 14.2. The van der Waals surface area contributed by atoms with Crippen LogP contribution >= 0.6 is 11.6 Å². The average Bonchev–Trinajstić information content (AvgIpc) is 2.93. The summed E-state index contributed by atoms with van der Waals surface area (Å²) in [5.74, 6) is -0.475. The van der Waals surface area contributed by atoms with Crippen LogP contribution in [0.3, 0.4) is 0 Å². The Morgan fingerprint density at radius 1 is 1.05 bits per heavy atom. The van der Waals surface area contributed by atoms with Crippen LogP contribution < -0.4 is 15.4 Å². The van der Waals surface area contributed by atoms with Gasteiger partial charge in [0.25, 0.3) is 0 Å². The van der Waals surface area contributed by atoms with E-state index in [2.05, 4.69) is 6.07 Å². The number of halogens is 4. The second-order valence-corrected chi connectivity index (χ2v) is 11.2. The number of aryl methyl sites for hydroxylation is 2. The number of hydrogen-bond donors (Lipinski definition) is 1. The lowest BCUT2D eigenvalue weighted by Gasteiger charge is -2.41. The van der Waals surface area contributed by atoms with Gasteiger partial charge in [0.15, 0.2) is 5.78 Å². The number of carbonyl (C=O) groups is 1. The topological polar surface area (TPSA) is 79.3 Å². The second kappa shape index (κ2) is 11.2. The number of hydrogen-bond acceptors (Lipinski definition) is 5. The molecule has 1 aliphatic heterocycles. The number of ketones is 1. The van der Waals surface area contributed by atoms with Crippen LogP contribution in [-0.4, -0.2) is 5.78 Å². The summed E-state index contributed by atoms with van der Waals surface area (Å²) in [5.41, 5.74) is 10.4. The Morgan fingerprint density at radius 2 is 1.76 bits per heavy atom. The number of allylic oxidation sites excluding steroid dienone is 3. The Kier molecular flexibility index (Phi) is 7.82. The highest BCUT2D eigenvalue weighted by molar-refractivity contribution is 6.30. The van der Waals surface area contributed by atoms with Gasteiger partial charge in [-0.1, -0.05) is 47.0 Å². The number of ether oxygens (including phenoxy) is 1. The van der Waals surface area contributed by atoms with Crippen molar-refractivity contribution in [1.82, 2.24) is 0 Å². The smallest absolute Gasteiger partial charge is 0.418 e. The van der Waals surface area contributed by atoms with Crippen LogP contribution in [-0.2, 0) is 17.6 Å². The quantitative estimate of drug-likeness (QED) is 0.324. The van der Waals surface area contributed by atoms with Gasteiger partial charge in [-0.3, -0.25) is 9.69 Å². The zero-order valence-corrected chi connectivity index (χ0v) is 24.2. The fourth-order valence-corrected chi connectivity index (χ4v) is 5.98. The number of Topliss-reactive ketones (excluding diaryl/α,β-unsaturated/α-hetero) is 1. The van der Waals surface area contributed by atoms with Crippen molar-refractivity contribution in [3.63, 3.8) is 0 Å². The molecule has 0 aromatic heterocycles. The summed E-state index contributed by atoms with van der Waals surface area (Å²) in [4.78, 5) is 14.8. The molecule has 0 saturated heterocycles. The third-order valence-corrected chi connectivity index (χ3v) is 8.08. The molecule has 0 amide bonds. The fraction of sp³-hybridized carbons (Fsp3) is 0.273. The summed E-state index contributed by atoms with van der Waals surface area (Å²) in [6, 6.07) is 17.1. The summed E-state index contributed by atoms with van der Waals surface area (Å²) in [7, 11) is 0. The van der Waals surface area contributed by atoms with Crippen LogP contribution in [0.1, 0.15) is 58.6 Å². The van der Waals surface area contributed by atoms with E-state index >= 15 is 0 Å². The van der Waals surface area contributed by atoms with Crippen LogP contribution in [0, 0.1) is 32.1 Å². The summed E-state index contributed by atoms with van der Waals surface area (Å²) < 4.78 is 48.6. The van der Waals surface area contributed by atoms with Crippen LogP contribution in [0.4, 0.5) is 18.9 Å². The first-order valence-electron chi connectivity index (χ1n) is 13.5. The van der Waals surface area contributed by atoms with E-state index in [4.69, 9.17) is 22.1 Å². The van der Waals surface area contributed by atoms with Gasteiger partial charge in [-0.2, -0.15) is 18.4 Å². The van der Waals surface area contributed by atoms with Gasteiger partial charge >= 0.3 is 6.18 Å². The highest BCUT2D eigenvalue weighted by Crippen LogP contribution is 2.49. The molecule has 216 valence electrons. The van der Waals surface area contributed by atoms with Gasteiger partial charge in [0.05, 0.1) is 28.8 Å². The van der Waals surface area contributed by atoms with Gasteiger partial charge in [0.2, 0.25) is 0 Å². The first-order chi connectivity index (χ1) is 19.9. The Hall–Kier alpha value is -4.22. The molecule has 3 aromatic carbocycles. The average molecular weight is 592 g/mol. The molecule has 0 spiro atoms. The van der Waals surface area contributed by atoms with Gasteiger partial charge in [0.1, 0.15) is 18.2 Å². The molecule has 1 unspecified atom stereocenters. The molecule has 0 fully saturated rings. The zero-order valence-electron chi connectivity index (χ0n) is 23.4. The van der Waals surface area contributed by atoms with E-state index in [0.717, 1.165) is 28.3 Å². The molecule has 9 heteroatoms. The molecular formula is C33H29ClF3N3O2. The van der Waals surface area contributed by atoms with Crippen molar-refractivity contribution in [3.8, 4) is 11.8 Å². The van der Waals surface area contributed by atoms with Crippen molar-refractivity contribution in [2.24, 2.45) is 5.73 Å². The monoisotopic (exact) mass is 591 g/mol. The molecule has 1 atom stereocenters. The molecular weight excluding hydrogens is 563 g/mol. The molecule has 1 aliphatic carbocycles. The van der Waals surface area contributed by atoms with Crippen molar-refractivity contribution < 1.29 is 22.7 Å².